The summed E-state index contributed by atoms with van der Waals surface area (Å²) in [4.78, 5) is 26.6. The minimum atomic E-state index is -0.217. The number of anilines is 1. The first-order chi connectivity index (χ1) is 11.1. The van der Waals surface area contributed by atoms with E-state index in [-0.39, 0.29) is 17.7 Å². The Morgan fingerprint density at radius 2 is 1.83 bits per heavy atom. The first kappa shape index (κ1) is 16.0. The van der Waals surface area contributed by atoms with Gasteiger partial charge in [0, 0.05) is 24.7 Å². The Labute approximate surface area is 138 Å². The molecule has 124 valence electrons. The summed E-state index contributed by atoms with van der Waals surface area (Å²) in [5.74, 6) is -0.105. The lowest BCUT2D eigenvalue weighted by Crippen LogP contribution is -2.39. The highest BCUT2D eigenvalue weighted by atomic mass is 16.2. The van der Waals surface area contributed by atoms with Crippen LogP contribution in [0.3, 0.4) is 0 Å². The molecule has 23 heavy (non-hydrogen) atoms. The van der Waals surface area contributed by atoms with Crippen LogP contribution in [0.15, 0.2) is 24.3 Å². The van der Waals surface area contributed by atoms with Crippen LogP contribution in [-0.4, -0.2) is 24.4 Å². The van der Waals surface area contributed by atoms with Crippen molar-refractivity contribution in [3.63, 3.8) is 0 Å². The van der Waals surface area contributed by atoms with E-state index in [1.54, 1.807) is 4.90 Å². The molecule has 0 spiro atoms. The van der Waals surface area contributed by atoms with E-state index in [2.05, 4.69) is 5.32 Å². The van der Waals surface area contributed by atoms with Crippen LogP contribution in [0.2, 0.25) is 0 Å². The summed E-state index contributed by atoms with van der Waals surface area (Å²) in [6, 6.07) is 8.16. The Morgan fingerprint density at radius 3 is 2.52 bits per heavy atom. The van der Waals surface area contributed by atoms with Gasteiger partial charge in [0.25, 0.3) is 0 Å². The van der Waals surface area contributed by atoms with Gasteiger partial charge in [0.1, 0.15) is 0 Å². The molecular formula is C19H26N2O2. The van der Waals surface area contributed by atoms with Gasteiger partial charge in [0.15, 0.2) is 0 Å². The second-order valence-corrected chi connectivity index (χ2v) is 6.89. The maximum atomic E-state index is 12.5. The highest BCUT2D eigenvalue weighted by Gasteiger charge is 2.36. The number of amides is 2. The standard InChI is InChI=1S/C19H26N2O2/c1-14-8-6-7-11-17(14)21-13-15(12-18(21)22)19(23)20-16-9-4-2-3-5-10-16/h6-8,11,15-16H,2-5,9-10,12-13H2,1H3,(H,20,23)/t15-/m0/s1. The largest absolute Gasteiger partial charge is 0.353 e. The lowest BCUT2D eigenvalue weighted by atomic mass is 10.0. The van der Waals surface area contributed by atoms with Gasteiger partial charge < -0.3 is 10.2 Å². The van der Waals surface area contributed by atoms with Crippen molar-refractivity contribution in [3.05, 3.63) is 29.8 Å². The number of carbonyl (C=O) groups excluding carboxylic acids is 2. The molecule has 1 aliphatic heterocycles. The van der Waals surface area contributed by atoms with Gasteiger partial charge in [-0.3, -0.25) is 9.59 Å². The molecule has 0 aromatic heterocycles. The Bertz CT molecular complexity index is 576. The highest BCUT2D eigenvalue weighted by molar-refractivity contribution is 6.00. The molecule has 1 atom stereocenters. The topological polar surface area (TPSA) is 49.4 Å². The van der Waals surface area contributed by atoms with Crippen LogP contribution in [0.5, 0.6) is 0 Å². The first-order valence-electron chi connectivity index (χ1n) is 8.81. The lowest BCUT2D eigenvalue weighted by Gasteiger charge is -2.20. The van der Waals surface area contributed by atoms with Gasteiger partial charge in [-0.25, -0.2) is 0 Å². The van der Waals surface area contributed by atoms with Crippen molar-refractivity contribution < 1.29 is 9.59 Å². The minimum absolute atomic E-state index is 0.0558. The molecule has 2 fully saturated rings. The molecule has 1 heterocycles. The van der Waals surface area contributed by atoms with Crippen molar-refractivity contribution in [2.75, 3.05) is 11.4 Å². The number of hydrogen-bond donors (Lipinski definition) is 1. The number of rotatable bonds is 3. The van der Waals surface area contributed by atoms with Gasteiger partial charge in [-0.15, -0.1) is 0 Å². The van der Waals surface area contributed by atoms with E-state index in [0.29, 0.717) is 19.0 Å². The third kappa shape index (κ3) is 3.74. The van der Waals surface area contributed by atoms with Crippen molar-refractivity contribution in [2.24, 2.45) is 5.92 Å². The first-order valence-corrected chi connectivity index (χ1v) is 8.81. The van der Waals surface area contributed by atoms with E-state index in [1.165, 1.54) is 25.7 Å². The molecule has 0 unspecified atom stereocenters. The summed E-state index contributed by atoms with van der Waals surface area (Å²) in [6.07, 6.45) is 7.42. The number of hydrogen-bond acceptors (Lipinski definition) is 2. The molecule has 2 amide bonds. The monoisotopic (exact) mass is 314 g/mol. The molecule has 1 saturated carbocycles. The number of para-hydroxylation sites is 1. The van der Waals surface area contributed by atoms with Crippen molar-refractivity contribution in [2.45, 2.75) is 57.9 Å². The Kier molecular flexibility index (Phi) is 4.99. The molecule has 1 aromatic carbocycles. The molecular weight excluding hydrogens is 288 g/mol. The predicted molar refractivity (Wildman–Crippen MR) is 91.3 cm³/mol. The summed E-state index contributed by atoms with van der Waals surface area (Å²) < 4.78 is 0. The molecule has 0 radical (unpaired) electrons. The van der Waals surface area contributed by atoms with Gasteiger partial charge in [-0.2, -0.15) is 0 Å². The summed E-state index contributed by atoms with van der Waals surface area (Å²) in [5, 5.41) is 3.19. The Balaban J connectivity index is 1.62. The number of benzene rings is 1. The van der Waals surface area contributed by atoms with E-state index in [0.717, 1.165) is 24.1 Å². The van der Waals surface area contributed by atoms with Gasteiger partial charge in [0.05, 0.1) is 5.92 Å². The van der Waals surface area contributed by atoms with Crippen LogP contribution in [-0.2, 0) is 9.59 Å². The summed E-state index contributed by atoms with van der Waals surface area (Å²) in [5.41, 5.74) is 2.01. The van der Waals surface area contributed by atoms with E-state index in [4.69, 9.17) is 0 Å². The normalized spacial score (nSPS) is 22.9. The molecule has 1 aromatic rings. The van der Waals surface area contributed by atoms with Crippen LogP contribution in [0.25, 0.3) is 0 Å². The van der Waals surface area contributed by atoms with Crippen molar-refractivity contribution in [1.29, 1.82) is 0 Å². The van der Waals surface area contributed by atoms with Crippen LogP contribution in [0.1, 0.15) is 50.5 Å². The van der Waals surface area contributed by atoms with Gasteiger partial charge in [-0.05, 0) is 31.4 Å². The second kappa shape index (κ2) is 7.16. The Morgan fingerprint density at radius 1 is 1.13 bits per heavy atom. The molecule has 2 aliphatic rings. The quantitative estimate of drug-likeness (QED) is 0.871. The van der Waals surface area contributed by atoms with Gasteiger partial charge >= 0.3 is 0 Å². The zero-order valence-corrected chi connectivity index (χ0v) is 13.9. The second-order valence-electron chi connectivity index (χ2n) is 6.89. The minimum Gasteiger partial charge on any atom is -0.353 e. The van der Waals surface area contributed by atoms with Crippen molar-refractivity contribution in [3.8, 4) is 0 Å². The summed E-state index contributed by atoms with van der Waals surface area (Å²) >= 11 is 0. The van der Waals surface area contributed by atoms with E-state index >= 15 is 0 Å². The fraction of sp³-hybridized carbons (Fsp3) is 0.579. The number of nitrogens with zero attached hydrogens (tertiary/aromatic N) is 1. The molecule has 1 saturated heterocycles. The summed E-state index contributed by atoms with van der Waals surface area (Å²) in [6.45, 7) is 2.50. The average molecular weight is 314 g/mol. The van der Waals surface area contributed by atoms with Crippen LogP contribution >= 0.6 is 0 Å². The maximum absolute atomic E-state index is 12.5. The van der Waals surface area contributed by atoms with Crippen molar-refractivity contribution in [1.82, 2.24) is 5.32 Å². The fourth-order valence-corrected chi connectivity index (χ4v) is 3.73. The summed E-state index contributed by atoms with van der Waals surface area (Å²) in [7, 11) is 0. The molecule has 1 aliphatic carbocycles. The Hall–Kier alpha value is -1.84. The number of carbonyl (C=O) groups is 2. The number of aryl methyl sites for hydroxylation is 1. The molecule has 4 heteroatoms. The van der Waals surface area contributed by atoms with Crippen LogP contribution in [0, 0.1) is 12.8 Å². The molecule has 4 nitrogen and oxygen atoms in total. The van der Waals surface area contributed by atoms with Crippen LogP contribution < -0.4 is 10.2 Å². The molecule has 1 N–H and O–H groups in total. The predicted octanol–water partition coefficient (Wildman–Crippen LogP) is 3.19. The van der Waals surface area contributed by atoms with Gasteiger partial charge in [0.2, 0.25) is 11.8 Å². The third-order valence-electron chi connectivity index (χ3n) is 5.10. The maximum Gasteiger partial charge on any atom is 0.227 e. The number of nitrogens with one attached hydrogen (secondary N) is 1. The average Bonchev–Trinajstić information content (AvgIpc) is 2.75. The third-order valence-corrected chi connectivity index (χ3v) is 5.10. The fourth-order valence-electron chi connectivity index (χ4n) is 3.73. The van der Waals surface area contributed by atoms with Gasteiger partial charge in [-0.1, -0.05) is 43.9 Å². The molecule has 3 rings (SSSR count). The van der Waals surface area contributed by atoms with E-state index in [1.807, 2.05) is 31.2 Å². The zero-order chi connectivity index (χ0) is 16.2. The lowest BCUT2D eigenvalue weighted by molar-refractivity contribution is -0.127. The SMILES string of the molecule is Cc1ccccc1N1C[C@@H](C(=O)NC2CCCCCC2)CC1=O. The van der Waals surface area contributed by atoms with Crippen molar-refractivity contribution >= 4 is 17.5 Å². The zero-order valence-electron chi connectivity index (χ0n) is 13.9. The van der Waals surface area contributed by atoms with E-state index < -0.39 is 0 Å². The highest BCUT2D eigenvalue weighted by Crippen LogP contribution is 2.28. The van der Waals surface area contributed by atoms with E-state index in [9.17, 15) is 9.59 Å². The molecule has 0 bridgehead atoms. The smallest absolute Gasteiger partial charge is 0.227 e. The van der Waals surface area contributed by atoms with Crippen LogP contribution in [0.4, 0.5) is 5.69 Å².